The number of aliphatic carboxylic acids is 1. The molecule has 1 heterocycles. The molecule has 30 heavy (non-hydrogen) atoms. The first kappa shape index (κ1) is 26.4. The van der Waals surface area contributed by atoms with E-state index in [2.05, 4.69) is 6.92 Å². The molecular weight excluding hydrogens is 431 g/mol. The first-order valence-corrected chi connectivity index (χ1v) is 12.7. The minimum Gasteiger partial charge on any atom is -0.488 e. The molecule has 1 aromatic rings. The molecule has 0 aliphatic rings. The number of nitrogen functional groups attached to an aromatic ring is 1. The number of anilines is 2. The molecule has 0 bridgehead atoms. The lowest BCUT2D eigenvalue weighted by Gasteiger charge is -2.23. The molecule has 1 amide bonds. The van der Waals surface area contributed by atoms with Gasteiger partial charge in [-0.15, -0.1) is 11.3 Å². The maximum Gasteiger partial charge on any atom is 0.437 e. The molecule has 0 aliphatic heterocycles. The Bertz CT molecular complexity index is 720. The van der Waals surface area contributed by atoms with E-state index < -0.39 is 19.6 Å². The van der Waals surface area contributed by atoms with Gasteiger partial charge in [-0.2, -0.15) is 0 Å². The quantitative estimate of drug-likeness (QED) is 0.206. The number of nitrogens with two attached hydrogens (primary N) is 1. The minimum atomic E-state index is -4.93. The van der Waals surface area contributed by atoms with Crippen molar-refractivity contribution in [2.24, 2.45) is 0 Å². The maximum atomic E-state index is 12.6. The summed E-state index contributed by atoms with van der Waals surface area (Å²) in [5.74, 6) is -1.67. The van der Waals surface area contributed by atoms with Crippen molar-refractivity contribution in [3.05, 3.63) is 5.38 Å². The van der Waals surface area contributed by atoms with E-state index in [4.69, 9.17) is 15.6 Å². The van der Waals surface area contributed by atoms with Gasteiger partial charge in [-0.25, -0.2) is 9.24 Å². The van der Waals surface area contributed by atoms with Crippen molar-refractivity contribution in [2.75, 3.05) is 17.0 Å². The molecular formula is C19H33N2O7PS. The van der Waals surface area contributed by atoms with Crippen molar-refractivity contribution in [3.8, 4) is 5.75 Å². The molecule has 0 spiro atoms. The van der Waals surface area contributed by atoms with E-state index in [9.17, 15) is 23.9 Å². The smallest absolute Gasteiger partial charge is 0.437 e. The molecule has 0 unspecified atom stereocenters. The Morgan fingerprint density at radius 2 is 1.67 bits per heavy atom. The number of hydrogen-bond donors (Lipinski definition) is 4. The van der Waals surface area contributed by atoms with E-state index >= 15 is 0 Å². The van der Waals surface area contributed by atoms with E-state index in [1.54, 1.807) is 0 Å². The lowest BCUT2D eigenvalue weighted by atomic mass is 10.1. The fraction of sp³-hybridized carbons (Fsp3) is 0.684. The van der Waals surface area contributed by atoms with Gasteiger partial charge in [0, 0.05) is 18.2 Å². The maximum absolute atomic E-state index is 12.6. The van der Waals surface area contributed by atoms with E-state index in [-0.39, 0.29) is 42.3 Å². The third kappa shape index (κ3) is 9.47. The number of amides is 1. The molecule has 0 radical (unpaired) electrons. The molecule has 1 rings (SSSR count). The van der Waals surface area contributed by atoms with Crippen molar-refractivity contribution in [2.45, 2.75) is 77.6 Å². The molecule has 0 saturated carbocycles. The van der Waals surface area contributed by atoms with Crippen molar-refractivity contribution in [3.63, 3.8) is 0 Å². The van der Waals surface area contributed by atoms with Crippen molar-refractivity contribution < 1.29 is 33.8 Å². The molecule has 0 fully saturated rings. The fourth-order valence-corrected chi connectivity index (χ4v) is 4.94. The number of nitrogens with zero attached hydrogens (tertiary/aromatic N) is 1. The number of ether oxygens (including phenoxy) is 1. The highest BCUT2D eigenvalue weighted by atomic mass is 32.1. The second-order valence-corrected chi connectivity index (χ2v) is 9.40. The number of rotatable bonds is 16. The van der Waals surface area contributed by atoms with Crippen LogP contribution in [0.25, 0.3) is 0 Å². The van der Waals surface area contributed by atoms with Gasteiger partial charge in [0.05, 0.1) is 12.3 Å². The Labute approximate surface area is 181 Å². The molecule has 11 heteroatoms. The number of unbranched alkanes of at least 4 members (excludes halogenated alkanes) is 7. The Morgan fingerprint density at radius 3 is 2.23 bits per heavy atom. The lowest BCUT2D eigenvalue weighted by molar-refractivity contribution is -0.137. The van der Waals surface area contributed by atoms with Gasteiger partial charge in [0.1, 0.15) is 0 Å². The van der Waals surface area contributed by atoms with Crippen molar-refractivity contribution in [1.82, 2.24) is 0 Å². The van der Waals surface area contributed by atoms with Gasteiger partial charge in [0.2, 0.25) is 5.91 Å². The molecule has 0 saturated heterocycles. The SMILES string of the molecule is CCCCCCCCCCC(=O)N(c1scc(N)c1OCCCC(=O)O)P(=O)(O)O. The average molecular weight is 465 g/mol. The summed E-state index contributed by atoms with van der Waals surface area (Å²) in [6, 6.07) is 0. The topological polar surface area (TPSA) is 150 Å². The molecule has 0 atom stereocenters. The first-order chi connectivity index (χ1) is 14.2. The zero-order valence-electron chi connectivity index (χ0n) is 17.4. The normalized spacial score (nSPS) is 11.4. The summed E-state index contributed by atoms with van der Waals surface area (Å²) in [6.45, 7) is 2.16. The van der Waals surface area contributed by atoms with E-state index in [0.717, 1.165) is 37.0 Å². The van der Waals surface area contributed by atoms with Gasteiger partial charge in [-0.1, -0.05) is 51.9 Å². The standard InChI is InChI=1S/C19H33N2O7PS/c1-2-3-4-5-6-7-8-9-11-16(22)21(29(25,26)27)19-18(15(20)14-30-19)28-13-10-12-17(23)24/h14H,2-13,20H2,1H3,(H,23,24)(H2,25,26,27). The Morgan fingerprint density at radius 1 is 1.07 bits per heavy atom. The predicted molar refractivity (Wildman–Crippen MR) is 118 cm³/mol. The molecule has 9 nitrogen and oxygen atoms in total. The van der Waals surface area contributed by atoms with Gasteiger partial charge in [0.15, 0.2) is 10.8 Å². The Kier molecular flexibility index (Phi) is 12.0. The van der Waals surface area contributed by atoms with Crippen molar-refractivity contribution in [1.29, 1.82) is 0 Å². The number of carbonyl (C=O) groups excluding carboxylic acids is 1. The van der Waals surface area contributed by atoms with Crippen LogP contribution in [0.4, 0.5) is 10.7 Å². The van der Waals surface area contributed by atoms with Crippen LogP contribution in [0.1, 0.15) is 77.6 Å². The van der Waals surface area contributed by atoms with Crippen molar-refractivity contribution >= 4 is 41.6 Å². The number of carboxylic acids is 1. The van der Waals surface area contributed by atoms with Crippen LogP contribution >= 0.6 is 19.1 Å². The monoisotopic (exact) mass is 464 g/mol. The highest BCUT2D eigenvalue weighted by Gasteiger charge is 2.36. The van der Waals surface area contributed by atoms with Crippen LogP contribution in [0.5, 0.6) is 5.75 Å². The zero-order valence-corrected chi connectivity index (χ0v) is 19.1. The average Bonchev–Trinajstić information content (AvgIpc) is 3.00. The Balaban J connectivity index is 2.68. The molecule has 1 aromatic heterocycles. The predicted octanol–water partition coefficient (Wildman–Crippen LogP) is 4.53. The van der Waals surface area contributed by atoms with E-state index in [0.29, 0.717) is 11.1 Å². The van der Waals surface area contributed by atoms with Gasteiger partial charge in [-0.3, -0.25) is 9.59 Å². The van der Waals surface area contributed by atoms with Gasteiger partial charge < -0.3 is 25.4 Å². The van der Waals surface area contributed by atoms with Gasteiger partial charge >= 0.3 is 13.7 Å². The highest BCUT2D eigenvalue weighted by Crippen LogP contribution is 2.52. The van der Waals surface area contributed by atoms with Crippen LogP contribution in [-0.2, 0) is 14.2 Å². The summed E-state index contributed by atoms with van der Waals surface area (Å²) in [5.41, 5.74) is 5.97. The number of carboxylic acid groups (broad SMARTS) is 1. The second-order valence-electron chi connectivity index (χ2n) is 7.11. The van der Waals surface area contributed by atoms with Crippen LogP contribution in [0.3, 0.4) is 0 Å². The summed E-state index contributed by atoms with van der Waals surface area (Å²) >= 11 is 0.905. The molecule has 5 N–H and O–H groups in total. The number of thiophene rings is 1. The van der Waals surface area contributed by atoms with Gasteiger partial charge in [0.25, 0.3) is 0 Å². The zero-order chi connectivity index (χ0) is 22.6. The highest BCUT2D eigenvalue weighted by molar-refractivity contribution is 7.55. The molecule has 0 aliphatic carbocycles. The van der Waals surface area contributed by atoms with Crippen LogP contribution in [-0.4, -0.2) is 33.4 Å². The van der Waals surface area contributed by atoms with Crippen LogP contribution in [0, 0.1) is 0 Å². The van der Waals surface area contributed by atoms with E-state index in [1.807, 2.05) is 0 Å². The summed E-state index contributed by atoms with van der Waals surface area (Å²) in [6.07, 6.45) is 8.30. The number of hydrogen-bond acceptors (Lipinski definition) is 6. The van der Waals surface area contributed by atoms with Crippen LogP contribution in [0.15, 0.2) is 5.38 Å². The fourth-order valence-electron chi connectivity index (χ4n) is 2.93. The summed E-state index contributed by atoms with van der Waals surface area (Å²) in [5, 5.41) is 10.1. The molecule has 172 valence electrons. The minimum absolute atomic E-state index is 0.00144. The third-order valence-corrected chi connectivity index (χ3v) is 6.51. The van der Waals surface area contributed by atoms with Crippen LogP contribution < -0.4 is 15.1 Å². The first-order valence-electron chi connectivity index (χ1n) is 10.3. The summed E-state index contributed by atoms with van der Waals surface area (Å²) in [7, 11) is -4.93. The largest absolute Gasteiger partial charge is 0.488 e. The second kappa shape index (κ2) is 13.6. The third-order valence-electron chi connectivity index (χ3n) is 4.47. The molecule has 0 aromatic carbocycles. The number of carbonyl (C=O) groups is 2. The van der Waals surface area contributed by atoms with Gasteiger partial charge in [-0.05, 0) is 12.8 Å². The van der Waals surface area contributed by atoms with Crippen LogP contribution in [0.2, 0.25) is 0 Å². The summed E-state index contributed by atoms with van der Waals surface area (Å²) < 4.78 is 17.9. The summed E-state index contributed by atoms with van der Waals surface area (Å²) in [4.78, 5) is 42.7. The van der Waals surface area contributed by atoms with E-state index in [1.165, 1.54) is 24.6 Å². The lowest BCUT2D eigenvalue weighted by Crippen LogP contribution is -2.27. The Hall–Kier alpha value is -1.61.